The van der Waals surface area contributed by atoms with Crippen LogP contribution < -0.4 is 5.32 Å². The van der Waals surface area contributed by atoms with E-state index in [1.54, 1.807) is 0 Å². The van der Waals surface area contributed by atoms with E-state index < -0.39 is 18.2 Å². The molecule has 0 heterocycles. The zero-order valence-electron chi connectivity index (χ0n) is 41.1. The van der Waals surface area contributed by atoms with Gasteiger partial charge < -0.3 is 20.3 Å². The van der Waals surface area contributed by atoms with Crippen LogP contribution in [0.15, 0.2) is 24.3 Å². The van der Waals surface area contributed by atoms with Gasteiger partial charge in [-0.2, -0.15) is 0 Å². The van der Waals surface area contributed by atoms with Crippen LogP contribution in [0.25, 0.3) is 0 Å². The van der Waals surface area contributed by atoms with Crippen LogP contribution in [0.5, 0.6) is 0 Å². The largest absolute Gasteiger partial charge is 0.462 e. The third-order valence-corrected chi connectivity index (χ3v) is 12.6. The molecule has 6 heteroatoms. The van der Waals surface area contributed by atoms with Crippen LogP contribution in [0, 0.1) is 0 Å². The van der Waals surface area contributed by atoms with E-state index in [4.69, 9.17) is 4.74 Å². The van der Waals surface area contributed by atoms with Gasteiger partial charge in [0.1, 0.15) is 6.10 Å². The topological polar surface area (TPSA) is 95.9 Å². The molecule has 0 aromatic rings. The van der Waals surface area contributed by atoms with Crippen LogP contribution in [0.2, 0.25) is 0 Å². The van der Waals surface area contributed by atoms with E-state index in [0.29, 0.717) is 19.3 Å². The minimum Gasteiger partial charge on any atom is -0.462 e. The van der Waals surface area contributed by atoms with Gasteiger partial charge in [0.25, 0.3) is 0 Å². The molecule has 0 aromatic carbocycles. The monoisotopic (exact) mass is 860 g/mol. The van der Waals surface area contributed by atoms with Crippen LogP contribution >= 0.6 is 0 Å². The lowest BCUT2D eigenvalue weighted by molar-refractivity contribution is -0.151. The van der Waals surface area contributed by atoms with Gasteiger partial charge in [0.15, 0.2) is 0 Å². The average molecular weight is 860 g/mol. The molecule has 3 atom stereocenters. The summed E-state index contributed by atoms with van der Waals surface area (Å²) in [6.45, 7) is 6.48. The van der Waals surface area contributed by atoms with Crippen LogP contribution in [-0.4, -0.2) is 46.9 Å². The maximum Gasteiger partial charge on any atom is 0.306 e. The Hall–Kier alpha value is -1.66. The first-order valence-electron chi connectivity index (χ1n) is 27.1. The number of rotatable bonds is 49. The molecule has 0 aliphatic rings. The molecule has 1 amide bonds. The fraction of sp³-hybridized carbons (Fsp3) is 0.891. The number of carbonyl (C=O) groups is 2. The van der Waals surface area contributed by atoms with Crippen molar-refractivity contribution >= 4 is 11.9 Å². The summed E-state index contributed by atoms with van der Waals surface area (Å²) in [5.41, 5.74) is 0. The maximum atomic E-state index is 13.2. The van der Waals surface area contributed by atoms with Gasteiger partial charge in [-0.15, -0.1) is 0 Å². The quantitative estimate of drug-likeness (QED) is 0.0322. The summed E-state index contributed by atoms with van der Waals surface area (Å²) in [4.78, 5) is 26.1. The number of aliphatic hydroxyl groups is 2. The standard InChI is InChI=1S/C55H105NO5/c1-4-7-10-13-16-19-22-24-26-27-28-30-33-35-38-41-44-47-53(58)52(50-57)56-54(59)49-51(46-43-40-37-34-32-29-25-23-20-17-14-11-8-5-2)61-55(60)48-45-42-39-36-31-21-18-15-12-9-6-3/h29,32,34,37,51-53,57-58H,4-28,30-31,33,35-36,38-50H2,1-3H3,(H,56,59)/b32-29+,37-34+. The Morgan fingerprint density at radius 2 is 0.836 bits per heavy atom. The lowest BCUT2D eigenvalue weighted by atomic mass is 10.0. The number of unbranched alkanes of at least 4 members (excludes halogenated alkanes) is 34. The molecule has 3 unspecified atom stereocenters. The summed E-state index contributed by atoms with van der Waals surface area (Å²) in [6.07, 6.45) is 56.8. The Morgan fingerprint density at radius 3 is 1.25 bits per heavy atom. The smallest absolute Gasteiger partial charge is 0.306 e. The van der Waals surface area contributed by atoms with Crippen molar-refractivity contribution in [2.45, 2.75) is 309 Å². The Morgan fingerprint density at radius 1 is 0.475 bits per heavy atom. The summed E-state index contributed by atoms with van der Waals surface area (Å²) >= 11 is 0. The van der Waals surface area contributed by atoms with Gasteiger partial charge >= 0.3 is 5.97 Å². The SMILES string of the molecule is CCCCCCCCC/C=C/C=C/CCCC(CC(=O)NC(CO)C(O)CCCCCCCCCCCCCCCCCCC)OC(=O)CCCCCCCCCCCCC. The summed E-state index contributed by atoms with van der Waals surface area (Å²) in [5, 5.41) is 23.8. The summed E-state index contributed by atoms with van der Waals surface area (Å²) in [6, 6.07) is -0.711. The predicted molar refractivity (Wildman–Crippen MR) is 264 cm³/mol. The molecule has 0 aliphatic carbocycles. The normalized spacial score (nSPS) is 13.3. The van der Waals surface area contributed by atoms with Crippen molar-refractivity contribution in [2.75, 3.05) is 6.61 Å². The maximum absolute atomic E-state index is 13.2. The zero-order chi connectivity index (χ0) is 44.5. The van der Waals surface area contributed by atoms with Gasteiger partial charge in [0, 0.05) is 6.42 Å². The lowest BCUT2D eigenvalue weighted by Gasteiger charge is -2.24. The molecule has 0 saturated carbocycles. The van der Waals surface area contributed by atoms with Crippen molar-refractivity contribution in [1.29, 1.82) is 0 Å². The zero-order valence-corrected chi connectivity index (χ0v) is 41.1. The average Bonchev–Trinajstić information content (AvgIpc) is 3.25. The van der Waals surface area contributed by atoms with Crippen molar-refractivity contribution in [3.63, 3.8) is 0 Å². The molecule has 61 heavy (non-hydrogen) atoms. The minimum atomic E-state index is -0.795. The molecule has 0 fully saturated rings. The van der Waals surface area contributed by atoms with Gasteiger partial charge in [-0.1, -0.05) is 257 Å². The van der Waals surface area contributed by atoms with E-state index in [0.717, 1.165) is 57.8 Å². The van der Waals surface area contributed by atoms with E-state index in [-0.39, 0.29) is 24.9 Å². The highest BCUT2D eigenvalue weighted by Gasteiger charge is 2.24. The van der Waals surface area contributed by atoms with Gasteiger partial charge in [-0.05, 0) is 44.9 Å². The second-order valence-corrected chi connectivity index (χ2v) is 18.7. The van der Waals surface area contributed by atoms with E-state index >= 15 is 0 Å². The Bertz CT molecular complexity index is 966. The first-order valence-corrected chi connectivity index (χ1v) is 27.1. The van der Waals surface area contributed by atoms with E-state index in [2.05, 4.69) is 50.4 Å². The van der Waals surface area contributed by atoms with Gasteiger partial charge in [0.05, 0.1) is 25.2 Å². The third kappa shape index (κ3) is 44.7. The highest BCUT2D eigenvalue weighted by Crippen LogP contribution is 2.18. The lowest BCUT2D eigenvalue weighted by Crippen LogP contribution is -2.46. The van der Waals surface area contributed by atoms with E-state index in [1.807, 2.05) is 0 Å². The molecule has 0 rings (SSSR count). The molecular weight excluding hydrogens is 755 g/mol. The second-order valence-electron chi connectivity index (χ2n) is 18.7. The number of hydrogen-bond donors (Lipinski definition) is 3. The molecule has 0 saturated heterocycles. The fourth-order valence-corrected chi connectivity index (χ4v) is 8.43. The van der Waals surface area contributed by atoms with E-state index in [9.17, 15) is 19.8 Å². The van der Waals surface area contributed by atoms with Crippen molar-refractivity contribution in [3.8, 4) is 0 Å². The van der Waals surface area contributed by atoms with Gasteiger partial charge in [-0.25, -0.2) is 0 Å². The number of hydrogen-bond acceptors (Lipinski definition) is 5. The first-order chi connectivity index (χ1) is 30.0. The number of amides is 1. The molecule has 360 valence electrons. The number of carbonyl (C=O) groups excluding carboxylic acids is 2. The molecule has 0 spiro atoms. The summed E-state index contributed by atoms with van der Waals surface area (Å²) in [7, 11) is 0. The molecule has 0 aliphatic heterocycles. The van der Waals surface area contributed by atoms with Crippen LogP contribution in [0.1, 0.15) is 290 Å². The van der Waals surface area contributed by atoms with Gasteiger partial charge in [0.2, 0.25) is 5.91 Å². The number of esters is 1. The fourth-order valence-electron chi connectivity index (χ4n) is 8.43. The predicted octanol–water partition coefficient (Wildman–Crippen LogP) is 16.3. The third-order valence-electron chi connectivity index (χ3n) is 12.6. The van der Waals surface area contributed by atoms with Crippen LogP contribution in [0.3, 0.4) is 0 Å². The summed E-state index contributed by atoms with van der Waals surface area (Å²) < 4.78 is 5.91. The highest BCUT2D eigenvalue weighted by atomic mass is 16.5. The Kier molecular flexibility index (Phi) is 48.0. The molecule has 0 aromatic heterocycles. The highest BCUT2D eigenvalue weighted by molar-refractivity contribution is 5.77. The molecular formula is C55H105NO5. The van der Waals surface area contributed by atoms with Crippen molar-refractivity contribution in [3.05, 3.63) is 24.3 Å². The molecule has 0 radical (unpaired) electrons. The van der Waals surface area contributed by atoms with Crippen molar-refractivity contribution in [2.24, 2.45) is 0 Å². The summed E-state index contributed by atoms with van der Waals surface area (Å²) in [5.74, 6) is -0.507. The van der Waals surface area contributed by atoms with Crippen molar-refractivity contribution in [1.82, 2.24) is 5.32 Å². The molecule has 6 nitrogen and oxygen atoms in total. The Labute approximate surface area is 380 Å². The number of aliphatic hydroxyl groups excluding tert-OH is 2. The Balaban J connectivity index is 4.53. The van der Waals surface area contributed by atoms with Gasteiger partial charge in [-0.3, -0.25) is 9.59 Å². The molecule has 0 bridgehead atoms. The van der Waals surface area contributed by atoms with Crippen LogP contribution in [-0.2, 0) is 14.3 Å². The minimum absolute atomic E-state index is 0.0500. The number of allylic oxidation sites excluding steroid dienone is 4. The molecule has 3 N–H and O–H groups in total. The van der Waals surface area contributed by atoms with Crippen LogP contribution in [0.4, 0.5) is 0 Å². The second kappa shape index (κ2) is 49.4. The van der Waals surface area contributed by atoms with Crippen molar-refractivity contribution < 1.29 is 24.5 Å². The van der Waals surface area contributed by atoms with E-state index in [1.165, 1.54) is 186 Å². The number of ether oxygens (including phenoxy) is 1. The number of nitrogens with one attached hydrogen (secondary N) is 1. The first kappa shape index (κ1) is 59.3.